The molecule has 7 nitrogen and oxygen atoms in total. The van der Waals surface area contributed by atoms with Crippen molar-refractivity contribution in [3.63, 3.8) is 0 Å². The van der Waals surface area contributed by atoms with Gasteiger partial charge in [-0.25, -0.2) is 4.98 Å². The van der Waals surface area contributed by atoms with Gasteiger partial charge in [-0.1, -0.05) is 36.2 Å². The van der Waals surface area contributed by atoms with E-state index in [-0.39, 0.29) is 11.8 Å². The molecule has 150 valence electrons. The predicted octanol–water partition coefficient (Wildman–Crippen LogP) is 3.40. The minimum atomic E-state index is -0.570. The lowest BCUT2D eigenvalue weighted by atomic mass is 10.1. The number of nitrogens with one attached hydrogen (secondary N) is 2. The molecule has 2 aromatic heterocycles. The second-order valence-corrected chi connectivity index (χ2v) is 7.78. The molecule has 28 heavy (non-hydrogen) atoms. The van der Waals surface area contributed by atoms with Crippen LogP contribution in [-0.4, -0.2) is 38.4 Å². The molecular weight excluding hydrogens is 378 g/mol. The van der Waals surface area contributed by atoms with Gasteiger partial charge in [-0.2, -0.15) is 4.63 Å². The van der Waals surface area contributed by atoms with Crippen LogP contribution < -0.4 is 10.1 Å². The van der Waals surface area contributed by atoms with Gasteiger partial charge < -0.3 is 10.1 Å². The largest absolute Gasteiger partial charge is 0.481 e. The molecule has 0 aliphatic heterocycles. The molecule has 0 fully saturated rings. The quantitative estimate of drug-likeness (QED) is 0.633. The van der Waals surface area contributed by atoms with E-state index in [1.54, 1.807) is 11.6 Å². The highest BCUT2D eigenvalue weighted by molar-refractivity contribution is 6.34. The normalized spacial score (nSPS) is 13.5. The molecule has 8 heteroatoms. The molecule has 0 spiro atoms. The average molecular weight is 404 g/mol. The van der Waals surface area contributed by atoms with Crippen LogP contribution in [-0.2, 0) is 11.2 Å². The minimum absolute atomic E-state index is 0.143. The number of ether oxygens (including phenoxy) is 1. The topological polar surface area (TPSA) is 84.3 Å². The summed E-state index contributed by atoms with van der Waals surface area (Å²) >= 11 is 6.19. The molecule has 1 aromatic carbocycles. The van der Waals surface area contributed by atoms with Crippen LogP contribution in [0.3, 0.4) is 0 Å². The zero-order valence-corrected chi connectivity index (χ0v) is 17.6. The first kappa shape index (κ1) is 20.2. The average Bonchev–Trinajstić information content (AvgIpc) is 3.13. The van der Waals surface area contributed by atoms with Gasteiger partial charge in [-0.3, -0.25) is 9.89 Å². The van der Waals surface area contributed by atoms with E-state index in [0.29, 0.717) is 29.5 Å². The van der Waals surface area contributed by atoms with Crippen LogP contribution in [0.15, 0.2) is 18.2 Å². The standard InChI is InChI=1S/C20H26ClN5O2/c1-11-6-7-16(13(3)8-11)28-15(5)20(27)22-10-12(2)9-17-23-19-18(21)14(4)24-26(19)25-17/h6-8,12,15,24H,9-10H2,1-5H3,(H,22,27). The Kier molecular flexibility index (Phi) is 5.93. The molecule has 2 N–H and O–H groups in total. The van der Waals surface area contributed by atoms with E-state index in [0.717, 1.165) is 22.6 Å². The van der Waals surface area contributed by atoms with Crippen molar-refractivity contribution < 1.29 is 9.53 Å². The van der Waals surface area contributed by atoms with Crippen molar-refractivity contribution in [1.82, 2.24) is 25.1 Å². The van der Waals surface area contributed by atoms with Crippen molar-refractivity contribution in [2.45, 2.75) is 47.1 Å². The molecular formula is C20H26ClN5O2. The van der Waals surface area contributed by atoms with Crippen molar-refractivity contribution in [3.8, 4) is 5.75 Å². The van der Waals surface area contributed by atoms with Gasteiger partial charge in [0.05, 0.1) is 5.69 Å². The van der Waals surface area contributed by atoms with Crippen molar-refractivity contribution in [2.75, 3.05) is 6.54 Å². The van der Waals surface area contributed by atoms with Crippen LogP contribution in [0.2, 0.25) is 5.02 Å². The van der Waals surface area contributed by atoms with E-state index in [2.05, 4.69) is 20.5 Å². The molecule has 0 bridgehead atoms. The number of rotatable bonds is 7. The maximum Gasteiger partial charge on any atom is 0.260 e. The van der Waals surface area contributed by atoms with Gasteiger partial charge in [0, 0.05) is 13.0 Å². The number of carbonyl (C=O) groups is 1. The number of fused-ring (bicyclic) bond motifs is 1. The van der Waals surface area contributed by atoms with Crippen molar-refractivity contribution in [3.05, 3.63) is 45.9 Å². The van der Waals surface area contributed by atoms with Gasteiger partial charge >= 0.3 is 0 Å². The van der Waals surface area contributed by atoms with Crippen LogP contribution in [0.1, 0.15) is 36.5 Å². The molecule has 2 atom stereocenters. The number of halogens is 1. The van der Waals surface area contributed by atoms with Gasteiger partial charge in [0.2, 0.25) is 0 Å². The summed E-state index contributed by atoms with van der Waals surface area (Å²) in [6.45, 7) is 10.2. The molecule has 2 unspecified atom stereocenters. The predicted molar refractivity (Wildman–Crippen MR) is 109 cm³/mol. The SMILES string of the molecule is Cc1ccc(OC(C)C(=O)NCC(C)Cc2nc3c(Cl)c(C)[nH]n3n2)c(C)c1. The van der Waals surface area contributed by atoms with E-state index in [1.165, 1.54) is 0 Å². The Morgan fingerprint density at radius 3 is 2.75 bits per heavy atom. The summed E-state index contributed by atoms with van der Waals surface area (Å²) in [5.41, 5.74) is 3.64. The number of benzene rings is 1. The Hall–Kier alpha value is -2.54. The Morgan fingerprint density at radius 1 is 1.32 bits per heavy atom. The van der Waals surface area contributed by atoms with Gasteiger partial charge in [-0.15, -0.1) is 5.10 Å². The first-order valence-electron chi connectivity index (χ1n) is 9.36. The number of aromatic nitrogens is 4. The number of amides is 1. The fourth-order valence-corrected chi connectivity index (χ4v) is 3.18. The van der Waals surface area contributed by atoms with E-state index >= 15 is 0 Å². The highest BCUT2D eigenvalue weighted by atomic mass is 35.5. The molecule has 3 rings (SSSR count). The van der Waals surface area contributed by atoms with E-state index < -0.39 is 6.10 Å². The van der Waals surface area contributed by atoms with Gasteiger partial charge in [0.1, 0.15) is 10.8 Å². The fraction of sp³-hybridized carbons (Fsp3) is 0.450. The maximum absolute atomic E-state index is 12.4. The number of carbonyl (C=O) groups excluding carboxylic acids is 1. The lowest BCUT2D eigenvalue weighted by Gasteiger charge is -2.18. The number of nitrogens with zero attached hydrogens (tertiary/aromatic N) is 3. The summed E-state index contributed by atoms with van der Waals surface area (Å²) in [6.07, 6.45) is 0.0663. The van der Waals surface area contributed by atoms with Gasteiger partial charge in [0.15, 0.2) is 17.6 Å². The molecule has 0 saturated carbocycles. The summed E-state index contributed by atoms with van der Waals surface area (Å²) in [5, 5.41) is 11.0. The third-order valence-electron chi connectivity index (χ3n) is 4.61. The second kappa shape index (κ2) is 8.22. The Bertz CT molecular complexity index is 994. The van der Waals surface area contributed by atoms with Crippen LogP contribution in [0.4, 0.5) is 0 Å². The summed E-state index contributed by atoms with van der Waals surface area (Å²) < 4.78 is 7.39. The monoisotopic (exact) mass is 403 g/mol. The molecule has 2 heterocycles. The summed E-state index contributed by atoms with van der Waals surface area (Å²) in [5.74, 6) is 1.44. The Labute approximate surface area is 169 Å². The number of H-pyrrole nitrogens is 1. The lowest BCUT2D eigenvalue weighted by molar-refractivity contribution is -0.127. The van der Waals surface area contributed by atoms with Crippen LogP contribution in [0.5, 0.6) is 5.75 Å². The minimum Gasteiger partial charge on any atom is -0.481 e. The smallest absolute Gasteiger partial charge is 0.260 e. The third-order valence-corrected chi connectivity index (χ3v) is 5.06. The summed E-state index contributed by atoms with van der Waals surface area (Å²) in [7, 11) is 0. The first-order valence-corrected chi connectivity index (χ1v) is 9.73. The maximum atomic E-state index is 12.4. The molecule has 0 radical (unpaired) electrons. The Morgan fingerprint density at radius 2 is 2.07 bits per heavy atom. The number of hydrogen-bond donors (Lipinski definition) is 2. The highest BCUT2D eigenvalue weighted by Gasteiger charge is 2.18. The molecule has 0 aliphatic rings. The zero-order chi connectivity index (χ0) is 20.4. The number of aryl methyl sites for hydroxylation is 3. The first-order chi connectivity index (χ1) is 13.2. The zero-order valence-electron chi connectivity index (χ0n) is 16.8. The molecule has 0 aliphatic carbocycles. The summed E-state index contributed by atoms with van der Waals surface area (Å²) in [4.78, 5) is 16.8. The van der Waals surface area contributed by atoms with Gasteiger partial charge in [-0.05, 0) is 45.2 Å². The molecule has 3 aromatic rings. The van der Waals surface area contributed by atoms with E-state index in [9.17, 15) is 4.79 Å². The number of aromatic amines is 1. The van der Waals surface area contributed by atoms with Crippen molar-refractivity contribution in [2.24, 2.45) is 5.92 Å². The fourth-order valence-electron chi connectivity index (χ4n) is 3.01. The van der Waals surface area contributed by atoms with Gasteiger partial charge in [0.25, 0.3) is 5.91 Å². The van der Waals surface area contributed by atoms with Crippen molar-refractivity contribution in [1.29, 1.82) is 0 Å². The van der Waals surface area contributed by atoms with E-state index in [4.69, 9.17) is 16.3 Å². The van der Waals surface area contributed by atoms with E-state index in [1.807, 2.05) is 45.9 Å². The van der Waals surface area contributed by atoms with Crippen LogP contribution in [0, 0.1) is 26.7 Å². The van der Waals surface area contributed by atoms with Crippen molar-refractivity contribution >= 4 is 23.2 Å². The third kappa shape index (κ3) is 4.47. The number of hydrogen-bond acceptors (Lipinski definition) is 4. The summed E-state index contributed by atoms with van der Waals surface area (Å²) in [6, 6.07) is 5.91. The van der Waals surface area contributed by atoms with Crippen LogP contribution >= 0.6 is 11.6 Å². The lowest BCUT2D eigenvalue weighted by Crippen LogP contribution is -2.39. The molecule has 1 amide bonds. The second-order valence-electron chi connectivity index (χ2n) is 7.40. The molecule has 0 saturated heterocycles. The Balaban J connectivity index is 1.51. The highest BCUT2D eigenvalue weighted by Crippen LogP contribution is 2.21. The van der Waals surface area contributed by atoms with Crippen LogP contribution in [0.25, 0.3) is 5.65 Å².